The zero-order valence-corrected chi connectivity index (χ0v) is 20.3. The van der Waals surface area contributed by atoms with Crippen LogP contribution >= 0.6 is 0 Å². The fourth-order valence-electron chi connectivity index (χ4n) is 3.35. The third kappa shape index (κ3) is 7.35. The molecule has 1 N–H and O–H groups in total. The van der Waals surface area contributed by atoms with Crippen molar-refractivity contribution >= 4 is 25.6 Å². The topological polar surface area (TPSA) is 83.1 Å². The van der Waals surface area contributed by atoms with Gasteiger partial charge in [0.2, 0.25) is 0 Å². The number of alkyl halides is 3. The quantitative estimate of drug-likeness (QED) is 0.386. The van der Waals surface area contributed by atoms with Crippen molar-refractivity contribution in [2.45, 2.75) is 51.9 Å². The molecular weight excluding hydrogens is 478 g/mol. The number of aldehydes is 1. The number of alkyl carbamates (subject to hydrolysis) is 1. The first kappa shape index (κ1) is 27.3. The number of rotatable bonds is 8. The zero-order valence-electron chi connectivity index (χ0n) is 20.3. The molecule has 3 rings (SSSR count). The van der Waals surface area contributed by atoms with E-state index in [1.807, 2.05) is 58.0 Å². The summed E-state index contributed by atoms with van der Waals surface area (Å²) in [4.78, 5) is 23.6. The van der Waals surface area contributed by atoms with Gasteiger partial charge in [-0.15, -0.1) is 13.2 Å². The van der Waals surface area contributed by atoms with Gasteiger partial charge in [0.15, 0.2) is 0 Å². The first-order valence-electron chi connectivity index (χ1n) is 11.1. The molecule has 0 atom stereocenters. The number of carbonyl (C=O) groups excluding carboxylic acids is 2. The lowest BCUT2D eigenvalue weighted by Crippen LogP contribution is -2.41. The van der Waals surface area contributed by atoms with Gasteiger partial charge in [0, 0.05) is 12.1 Å². The van der Waals surface area contributed by atoms with Crippen LogP contribution in [0.4, 0.5) is 18.0 Å². The first-order valence-corrected chi connectivity index (χ1v) is 11.1. The van der Waals surface area contributed by atoms with Crippen LogP contribution in [0.3, 0.4) is 0 Å². The molecule has 2 aromatic rings. The molecule has 1 aliphatic heterocycles. The molecule has 192 valence electrons. The predicted molar refractivity (Wildman–Crippen MR) is 127 cm³/mol. The van der Waals surface area contributed by atoms with Crippen LogP contribution in [0.5, 0.6) is 5.75 Å². The van der Waals surface area contributed by atoms with Crippen LogP contribution in [0, 0.1) is 0 Å². The summed E-state index contributed by atoms with van der Waals surface area (Å²) in [6, 6.07) is 12.6. The summed E-state index contributed by atoms with van der Waals surface area (Å²) in [5.74, 6) is -0.554. The largest absolute Gasteiger partial charge is 0.573 e. The van der Waals surface area contributed by atoms with Crippen LogP contribution < -0.4 is 10.1 Å². The van der Waals surface area contributed by atoms with Crippen LogP contribution in [-0.2, 0) is 20.7 Å². The monoisotopic (exact) mass is 505 g/mol. The molecule has 0 spiro atoms. The van der Waals surface area contributed by atoms with Crippen molar-refractivity contribution in [1.29, 1.82) is 0 Å². The molecule has 1 saturated heterocycles. The summed E-state index contributed by atoms with van der Waals surface area (Å²) in [5.41, 5.74) is -0.0161. The van der Waals surface area contributed by atoms with Gasteiger partial charge in [0.05, 0.1) is 11.2 Å². The highest BCUT2D eigenvalue weighted by atomic mass is 19.4. The normalized spacial score (nSPS) is 17.0. The maximum Gasteiger partial charge on any atom is 0.573 e. The molecule has 1 fully saturated rings. The number of halogens is 3. The SMILES string of the molecule is CC1(C)OB(C(=Cc2cc(C=O)cc(OC(F)(F)F)c2)CNC(=O)OCc2ccccc2)OC1(C)C. The zero-order chi connectivity index (χ0) is 26.6. The molecule has 0 unspecified atom stereocenters. The molecule has 2 aromatic carbocycles. The molecule has 0 bridgehead atoms. The number of amides is 1. The second-order valence-electron chi connectivity index (χ2n) is 9.22. The van der Waals surface area contributed by atoms with Crippen molar-refractivity contribution in [3.05, 3.63) is 70.7 Å². The molecule has 0 saturated carbocycles. The lowest BCUT2D eigenvalue weighted by Gasteiger charge is -2.32. The summed E-state index contributed by atoms with van der Waals surface area (Å²) in [5, 5.41) is 2.62. The van der Waals surface area contributed by atoms with E-state index in [-0.39, 0.29) is 24.3 Å². The van der Waals surface area contributed by atoms with Gasteiger partial charge in [-0.25, -0.2) is 4.79 Å². The summed E-state index contributed by atoms with van der Waals surface area (Å²) in [6.45, 7) is 7.33. The minimum absolute atomic E-state index is 0.0218. The van der Waals surface area contributed by atoms with E-state index in [4.69, 9.17) is 14.0 Å². The van der Waals surface area contributed by atoms with E-state index in [1.54, 1.807) is 0 Å². The first-order chi connectivity index (χ1) is 16.8. The lowest BCUT2D eigenvalue weighted by molar-refractivity contribution is -0.274. The molecule has 7 nitrogen and oxygen atoms in total. The second-order valence-corrected chi connectivity index (χ2v) is 9.22. The average molecular weight is 505 g/mol. The Morgan fingerprint density at radius 1 is 1.03 bits per heavy atom. The van der Waals surface area contributed by atoms with Crippen molar-refractivity contribution in [2.75, 3.05) is 6.54 Å². The van der Waals surface area contributed by atoms with Crippen LogP contribution in [0.15, 0.2) is 54.0 Å². The number of nitrogens with one attached hydrogen (secondary N) is 1. The highest BCUT2D eigenvalue weighted by Gasteiger charge is 2.52. The smallest absolute Gasteiger partial charge is 0.445 e. The molecule has 1 amide bonds. The van der Waals surface area contributed by atoms with Gasteiger partial charge >= 0.3 is 19.6 Å². The van der Waals surface area contributed by atoms with Crippen molar-refractivity contribution in [3.63, 3.8) is 0 Å². The van der Waals surface area contributed by atoms with Crippen molar-refractivity contribution in [2.24, 2.45) is 0 Å². The maximum atomic E-state index is 12.8. The Morgan fingerprint density at radius 2 is 1.64 bits per heavy atom. The Balaban J connectivity index is 1.84. The van der Waals surface area contributed by atoms with Crippen molar-refractivity contribution < 1.29 is 41.5 Å². The number of hydrogen-bond donors (Lipinski definition) is 1. The van der Waals surface area contributed by atoms with Gasteiger partial charge < -0.3 is 24.1 Å². The lowest BCUT2D eigenvalue weighted by atomic mass is 9.77. The summed E-state index contributed by atoms with van der Waals surface area (Å²) < 4.78 is 59.6. The average Bonchev–Trinajstić information content (AvgIpc) is 3.01. The number of benzene rings is 2. The van der Waals surface area contributed by atoms with Crippen LogP contribution in [0.1, 0.15) is 49.2 Å². The van der Waals surface area contributed by atoms with E-state index in [0.29, 0.717) is 11.8 Å². The second kappa shape index (κ2) is 10.8. The third-order valence-electron chi connectivity index (χ3n) is 5.88. The fourth-order valence-corrected chi connectivity index (χ4v) is 3.35. The van der Waals surface area contributed by atoms with E-state index in [1.165, 1.54) is 12.1 Å². The van der Waals surface area contributed by atoms with Crippen LogP contribution in [0.25, 0.3) is 6.08 Å². The highest BCUT2D eigenvalue weighted by Crippen LogP contribution is 2.39. The molecule has 0 radical (unpaired) electrons. The highest BCUT2D eigenvalue weighted by molar-refractivity contribution is 6.56. The van der Waals surface area contributed by atoms with Gasteiger partial charge in [-0.1, -0.05) is 36.4 Å². The summed E-state index contributed by atoms with van der Waals surface area (Å²) >= 11 is 0. The molecular formula is C25H27BF3NO6. The minimum atomic E-state index is -4.93. The Kier molecular flexibility index (Phi) is 8.15. The number of ether oxygens (including phenoxy) is 2. The minimum Gasteiger partial charge on any atom is -0.445 e. The van der Waals surface area contributed by atoms with Gasteiger partial charge in [-0.3, -0.25) is 4.79 Å². The van der Waals surface area contributed by atoms with E-state index < -0.39 is 36.5 Å². The van der Waals surface area contributed by atoms with E-state index in [2.05, 4.69) is 10.1 Å². The molecule has 0 aromatic heterocycles. The Labute approximate surface area is 207 Å². The van der Waals surface area contributed by atoms with E-state index >= 15 is 0 Å². The van der Waals surface area contributed by atoms with Gasteiger partial charge in [-0.2, -0.15) is 0 Å². The third-order valence-corrected chi connectivity index (χ3v) is 5.88. The van der Waals surface area contributed by atoms with Crippen LogP contribution in [-0.4, -0.2) is 43.6 Å². The van der Waals surface area contributed by atoms with Crippen molar-refractivity contribution in [3.8, 4) is 5.75 Å². The molecule has 0 aliphatic carbocycles. The van der Waals surface area contributed by atoms with Gasteiger partial charge in [0.25, 0.3) is 0 Å². The molecule has 36 heavy (non-hydrogen) atoms. The molecule has 1 aliphatic rings. The van der Waals surface area contributed by atoms with Gasteiger partial charge in [0.1, 0.15) is 18.6 Å². The van der Waals surface area contributed by atoms with Crippen molar-refractivity contribution in [1.82, 2.24) is 5.32 Å². The molecule has 11 heteroatoms. The molecule has 1 heterocycles. The fraction of sp³-hybridized carbons (Fsp3) is 0.360. The number of carbonyl (C=O) groups is 2. The van der Waals surface area contributed by atoms with Crippen LogP contribution in [0.2, 0.25) is 0 Å². The Morgan fingerprint density at radius 3 is 2.22 bits per heavy atom. The Hall–Kier alpha value is -3.31. The Bertz CT molecular complexity index is 1100. The van der Waals surface area contributed by atoms with Gasteiger partial charge in [-0.05, 0) is 62.5 Å². The number of hydrogen-bond acceptors (Lipinski definition) is 6. The van der Waals surface area contributed by atoms with E-state index in [9.17, 15) is 22.8 Å². The summed E-state index contributed by atoms with van der Waals surface area (Å²) in [7, 11) is -0.920. The predicted octanol–water partition coefficient (Wildman–Crippen LogP) is 5.34. The summed E-state index contributed by atoms with van der Waals surface area (Å²) in [6.07, 6.45) is -3.74. The van der Waals surface area contributed by atoms with E-state index in [0.717, 1.165) is 17.7 Å². The standard InChI is InChI=1S/C25H27BF3NO6/c1-23(2)24(3,4)36-26(35-23)20(14-30-22(32)33-16-17-8-6-5-7-9-17)11-18-10-19(15-31)13-21(12-18)34-25(27,28)29/h5-13,15H,14,16H2,1-4H3,(H,30,32). The maximum absolute atomic E-state index is 12.8.